The van der Waals surface area contributed by atoms with E-state index >= 15 is 0 Å². The Morgan fingerprint density at radius 3 is 2.61 bits per heavy atom. The first-order valence-electron chi connectivity index (χ1n) is 5.73. The second kappa shape index (κ2) is 4.91. The summed E-state index contributed by atoms with van der Waals surface area (Å²) in [5.41, 5.74) is 2.03. The summed E-state index contributed by atoms with van der Waals surface area (Å²) in [6.07, 6.45) is 0.792. The highest BCUT2D eigenvalue weighted by Gasteiger charge is 2.12. The number of benzene rings is 1. The molecule has 1 aromatic heterocycles. The number of carbonyl (C=O) groups is 1. The predicted molar refractivity (Wildman–Crippen MR) is 68.6 cm³/mol. The number of nitrogens with one attached hydrogen (secondary N) is 1. The van der Waals surface area contributed by atoms with Gasteiger partial charge in [-0.05, 0) is 36.8 Å². The molecule has 0 bridgehead atoms. The van der Waals surface area contributed by atoms with Gasteiger partial charge in [-0.15, -0.1) is 0 Å². The van der Waals surface area contributed by atoms with Crippen molar-refractivity contribution in [3.8, 4) is 5.75 Å². The highest BCUT2D eigenvalue weighted by Crippen LogP contribution is 2.15. The molecular formula is C13H15N3O2. The molecule has 0 spiro atoms. The molecular weight excluding hydrogens is 230 g/mol. The van der Waals surface area contributed by atoms with Gasteiger partial charge in [-0.1, -0.05) is 6.92 Å². The van der Waals surface area contributed by atoms with Gasteiger partial charge in [0, 0.05) is 12.7 Å². The molecule has 0 aliphatic heterocycles. The van der Waals surface area contributed by atoms with Crippen molar-refractivity contribution in [2.75, 3.05) is 5.32 Å². The zero-order valence-corrected chi connectivity index (χ0v) is 10.3. The molecule has 1 aromatic carbocycles. The minimum Gasteiger partial charge on any atom is -0.508 e. The van der Waals surface area contributed by atoms with Crippen LogP contribution >= 0.6 is 0 Å². The van der Waals surface area contributed by atoms with E-state index in [1.165, 1.54) is 12.1 Å². The Morgan fingerprint density at radius 2 is 2.06 bits per heavy atom. The van der Waals surface area contributed by atoms with E-state index < -0.39 is 0 Å². The van der Waals surface area contributed by atoms with E-state index in [9.17, 15) is 4.79 Å². The lowest BCUT2D eigenvalue weighted by molar-refractivity contribution is 0.101. The minimum atomic E-state index is -0.213. The molecule has 5 nitrogen and oxygen atoms in total. The zero-order valence-electron chi connectivity index (χ0n) is 10.3. The van der Waals surface area contributed by atoms with Crippen LogP contribution in [-0.4, -0.2) is 20.8 Å². The smallest absolute Gasteiger partial charge is 0.273 e. The molecule has 2 aromatic rings. The number of phenols is 1. The molecule has 0 aliphatic carbocycles. The summed E-state index contributed by atoms with van der Waals surface area (Å²) < 4.78 is 1.56. The lowest BCUT2D eigenvalue weighted by atomic mass is 10.2. The Balaban J connectivity index is 2.16. The van der Waals surface area contributed by atoms with Gasteiger partial charge in [0.1, 0.15) is 11.4 Å². The fraction of sp³-hybridized carbons (Fsp3) is 0.231. The van der Waals surface area contributed by atoms with E-state index in [2.05, 4.69) is 10.4 Å². The molecule has 0 saturated heterocycles. The van der Waals surface area contributed by atoms with Crippen LogP contribution in [0.15, 0.2) is 30.3 Å². The molecule has 0 unspecified atom stereocenters. The number of hydrogen-bond acceptors (Lipinski definition) is 3. The summed E-state index contributed by atoms with van der Waals surface area (Å²) in [4.78, 5) is 12.0. The van der Waals surface area contributed by atoms with E-state index in [1.807, 2.05) is 6.92 Å². The van der Waals surface area contributed by atoms with Crippen LogP contribution in [0.2, 0.25) is 0 Å². The number of phenolic OH excluding ortho intramolecular Hbond substituents is 1. The van der Waals surface area contributed by atoms with Gasteiger partial charge in [-0.3, -0.25) is 9.48 Å². The summed E-state index contributed by atoms with van der Waals surface area (Å²) in [6.45, 7) is 1.99. The Kier molecular flexibility index (Phi) is 3.32. The summed E-state index contributed by atoms with van der Waals surface area (Å²) in [6, 6.07) is 8.11. The van der Waals surface area contributed by atoms with Crippen molar-refractivity contribution in [3.05, 3.63) is 41.7 Å². The maximum Gasteiger partial charge on any atom is 0.273 e. The first-order chi connectivity index (χ1) is 8.60. The van der Waals surface area contributed by atoms with Crippen molar-refractivity contribution in [3.63, 3.8) is 0 Å². The fourth-order valence-corrected chi connectivity index (χ4v) is 1.65. The number of anilines is 1. The van der Waals surface area contributed by atoms with Gasteiger partial charge < -0.3 is 10.4 Å². The van der Waals surface area contributed by atoms with Crippen molar-refractivity contribution >= 4 is 11.6 Å². The topological polar surface area (TPSA) is 67.2 Å². The van der Waals surface area contributed by atoms with E-state index in [-0.39, 0.29) is 11.7 Å². The average Bonchev–Trinajstić information content (AvgIpc) is 2.73. The molecule has 1 heterocycles. The number of amides is 1. The lowest BCUT2D eigenvalue weighted by Crippen LogP contribution is -2.15. The Morgan fingerprint density at radius 1 is 1.39 bits per heavy atom. The minimum absolute atomic E-state index is 0.168. The number of rotatable bonds is 3. The fourth-order valence-electron chi connectivity index (χ4n) is 1.65. The van der Waals surface area contributed by atoms with Crippen LogP contribution in [0.5, 0.6) is 5.75 Å². The van der Waals surface area contributed by atoms with Crippen LogP contribution in [0.3, 0.4) is 0 Å². The number of hydrogen-bond donors (Lipinski definition) is 2. The number of carbonyl (C=O) groups excluding carboxylic acids is 1. The van der Waals surface area contributed by atoms with Crippen molar-refractivity contribution in [1.29, 1.82) is 0 Å². The third kappa shape index (κ3) is 2.51. The van der Waals surface area contributed by atoms with Crippen molar-refractivity contribution < 1.29 is 9.90 Å². The molecule has 2 rings (SSSR count). The SMILES string of the molecule is CCc1cc(C(=O)Nc2ccc(O)cc2)n(C)n1. The molecule has 0 atom stereocenters. The van der Waals surface area contributed by atoms with Gasteiger partial charge in [0.2, 0.25) is 0 Å². The number of nitrogens with zero attached hydrogens (tertiary/aromatic N) is 2. The van der Waals surface area contributed by atoms with Crippen LogP contribution in [0, 0.1) is 0 Å². The van der Waals surface area contributed by atoms with Gasteiger partial charge in [0.25, 0.3) is 5.91 Å². The lowest BCUT2D eigenvalue weighted by Gasteiger charge is -2.05. The van der Waals surface area contributed by atoms with Gasteiger partial charge >= 0.3 is 0 Å². The van der Waals surface area contributed by atoms with Gasteiger partial charge in [0.05, 0.1) is 5.69 Å². The number of aryl methyl sites for hydroxylation is 2. The second-order valence-electron chi connectivity index (χ2n) is 4.00. The molecule has 5 heteroatoms. The Labute approximate surface area is 105 Å². The quantitative estimate of drug-likeness (QED) is 0.812. The summed E-state index contributed by atoms with van der Waals surface area (Å²) >= 11 is 0. The predicted octanol–water partition coefficient (Wildman–Crippen LogP) is 1.94. The van der Waals surface area contributed by atoms with Crippen LogP contribution < -0.4 is 5.32 Å². The largest absolute Gasteiger partial charge is 0.508 e. The molecule has 0 saturated carbocycles. The van der Waals surface area contributed by atoms with Crippen LogP contribution in [0.4, 0.5) is 5.69 Å². The Hall–Kier alpha value is -2.30. The third-order valence-corrected chi connectivity index (χ3v) is 2.65. The number of aromatic hydroxyl groups is 1. The second-order valence-corrected chi connectivity index (χ2v) is 4.00. The van der Waals surface area contributed by atoms with E-state index in [1.54, 1.807) is 29.9 Å². The monoisotopic (exact) mass is 245 g/mol. The van der Waals surface area contributed by atoms with Gasteiger partial charge in [0.15, 0.2) is 0 Å². The standard InChI is InChI=1S/C13H15N3O2/c1-3-9-8-12(16(2)15-9)13(18)14-10-4-6-11(17)7-5-10/h4-8,17H,3H2,1-2H3,(H,14,18). The van der Waals surface area contributed by atoms with Crippen LogP contribution in [0.25, 0.3) is 0 Å². The first-order valence-corrected chi connectivity index (χ1v) is 5.73. The molecule has 94 valence electrons. The maximum atomic E-state index is 12.0. The van der Waals surface area contributed by atoms with Gasteiger partial charge in [-0.25, -0.2) is 0 Å². The normalized spacial score (nSPS) is 10.3. The van der Waals surface area contributed by atoms with Gasteiger partial charge in [-0.2, -0.15) is 5.10 Å². The molecule has 0 radical (unpaired) electrons. The Bertz CT molecular complexity index is 558. The average molecular weight is 245 g/mol. The molecule has 1 amide bonds. The highest BCUT2D eigenvalue weighted by molar-refractivity contribution is 6.03. The molecule has 18 heavy (non-hydrogen) atoms. The zero-order chi connectivity index (χ0) is 13.1. The van der Waals surface area contributed by atoms with Crippen LogP contribution in [-0.2, 0) is 13.5 Å². The number of aromatic nitrogens is 2. The third-order valence-electron chi connectivity index (χ3n) is 2.65. The summed E-state index contributed by atoms with van der Waals surface area (Å²) in [7, 11) is 1.74. The van der Waals surface area contributed by atoms with E-state index in [0.29, 0.717) is 11.4 Å². The van der Waals surface area contributed by atoms with E-state index in [0.717, 1.165) is 12.1 Å². The maximum absolute atomic E-state index is 12.0. The van der Waals surface area contributed by atoms with Crippen molar-refractivity contribution in [2.45, 2.75) is 13.3 Å². The molecule has 0 aliphatic rings. The summed E-state index contributed by atoms with van der Waals surface area (Å²) in [5.74, 6) is -0.0443. The molecule has 0 fully saturated rings. The van der Waals surface area contributed by atoms with E-state index in [4.69, 9.17) is 5.11 Å². The van der Waals surface area contributed by atoms with Crippen molar-refractivity contribution in [1.82, 2.24) is 9.78 Å². The first kappa shape index (κ1) is 12.2. The van der Waals surface area contributed by atoms with Crippen molar-refractivity contribution in [2.24, 2.45) is 7.05 Å². The molecule has 2 N–H and O–H groups in total. The summed E-state index contributed by atoms with van der Waals surface area (Å²) in [5, 5.41) is 16.1. The highest BCUT2D eigenvalue weighted by atomic mass is 16.3. The van der Waals surface area contributed by atoms with Crippen LogP contribution in [0.1, 0.15) is 23.1 Å².